The van der Waals surface area contributed by atoms with E-state index in [0.717, 1.165) is 33.1 Å². The third-order valence-corrected chi connectivity index (χ3v) is 7.31. The van der Waals surface area contributed by atoms with E-state index in [-0.39, 0.29) is 11.9 Å². The topological polar surface area (TPSA) is 32.7 Å². The Morgan fingerprint density at radius 1 is 0.935 bits per heavy atom. The second-order valence-electron chi connectivity index (χ2n) is 8.41. The molecule has 156 valence electrons. The van der Waals surface area contributed by atoms with E-state index in [2.05, 4.69) is 37.3 Å². The second-order valence-corrected chi connectivity index (χ2v) is 9.42. The molecule has 0 N–H and O–H groups in total. The third-order valence-electron chi connectivity index (χ3n) is 6.33. The van der Waals surface area contributed by atoms with Crippen LogP contribution in [0.3, 0.4) is 0 Å². The number of para-hydroxylation sites is 1. The van der Waals surface area contributed by atoms with E-state index in [9.17, 15) is 4.79 Å². The Hall–Kier alpha value is -2.85. The predicted octanol–water partition coefficient (Wildman–Crippen LogP) is 7.02. The van der Waals surface area contributed by atoms with Crippen LogP contribution in [0.25, 0.3) is 16.8 Å². The Kier molecular flexibility index (Phi) is 5.65. The lowest BCUT2D eigenvalue weighted by atomic mass is 9.85. The largest absolute Gasteiger partial charge is 0.283 e. The van der Waals surface area contributed by atoms with Crippen LogP contribution in [0, 0.1) is 5.92 Å². The summed E-state index contributed by atoms with van der Waals surface area (Å²) in [7, 11) is 0. The molecule has 1 saturated heterocycles. The van der Waals surface area contributed by atoms with Crippen molar-refractivity contribution < 1.29 is 4.79 Å². The summed E-state index contributed by atoms with van der Waals surface area (Å²) in [5, 5.41) is 3.15. The Morgan fingerprint density at radius 2 is 1.68 bits per heavy atom. The molecular formula is C27H26N2OS. The first-order chi connectivity index (χ1) is 15.2. The van der Waals surface area contributed by atoms with Gasteiger partial charge in [0.15, 0.2) is 5.17 Å². The molecule has 1 heterocycles. The average Bonchev–Trinajstić information content (AvgIpc) is 3.09. The summed E-state index contributed by atoms with van der Waals surface area (Å²) < 4.78 is 0. The molecular weight excluding hydrogens is 400 g/mol. The summed E-state index contributed by atoms with van der Waals surface area (Å²) in [5.41, 5.74) is 1.96. The van der Waals surface area contributed by atoms with Crippen molar-refractivity contribution in [3.63, 3.8) is 0 Å². The highest BCUT2D eigenvalue weighted by Gasteiger charge is 2.41. The van der Waals surface area contributed by atoms with Crippen molar-refractivity contribution in [1.29, 1.82) is 0 Å². The van der Waals surface area contributed by atoms with Gasteiger partial charge < -0.3 is 0 Å². The molecule has 2 atom stereocenters. The van der Waals surface area contributed by atoms with Gasteiger partial charge >= 0.3 is 0 Å². The smallest absolute Gasteiger partial charge is 0.267 e. The Bertz CT molecular complexity index is 1160. The van der Waals surface area contributed by atoms with Crippen molar-refractivity contribution in [2.75, 3.05) is 0 Å². The van der Waals surface area contributed by atoms with Crippen LogP contribution in [-0.2, 0) is 4.79 Å². The van der Waals surface area contributed by atoms with Gasteiger partial charge in [-0.3, -0.25) is 9.69 Å². The SMILES string of the molecule is C[C@@H]1CCCC[C@@H]1N1C(=O)/C(=C/c2cccc3ccccc23)SC1=Nc1ccccc1. The first kappa shape index (κ1) is 20.1. The Labute approximate surface area is 187 Å². The zero-order chi connectivity index (χ0) is 21.2. The highest BCUT2D eigenvalue weighted by molar-refractivity contribution is 8.18. The van der Waals surface area contributed by atoms with Gasteiger partial charge in [0.2, 0.25) is 0 Å². The van der Waals surface area contributed by atoms with E-state index in [0.29, 0.717) is 5.92 Å². The lowest BCUT2D eigenvalue weighted by Gasteiger charge is -2.35. The molecule has 4 heteroatoms. The molecule has 5 rings (SSSR count). The monoisotopic (exact) mass is 426 g/mol. The van der Waals surface area contributed by atoms with E-state index >= 15 is 0 Å². The van der Waals surface area contributed by atoms with Gasteiger partial charge in [-0.2, -0.15) is 0 Å². The molecule has 3 aromatic rings. The van der Waals surface area contributed by atoms with Gasteiger partial charge in [-0.05, 0) is 65.1 Å². The van der Waals surface area contributed by atoms with Gasteiger partial charge in [-0.15, -0.1) is 0 Å². The first-order valence-electron chi connectivity index (χ1n) is 11.1. The zero-order valence-electron chi connectivity index (χ0n) is 17.7. The van der Waals surface area contributed by atoms with E-state index in [1.165, 1.54) is 36.4 Å². The van der Waals surface area contributed by atoms with Crippen molar-refractivity contribution >= 4 is 45.4 Å². The number of amidine groups is 1. The predicted molar refractivity (Wildman–Crippen MR) is 131 cm³/mol. The van der Waals surface area contributed by atoms with Crippen molar-refractivity contribution in [1.82, 2.24) is 4.90 Å². The van der Waals surface area contributed by atoms with Gasteiger partial charge in [0.05, 0.1) is 10.6 Å². The molecule has 3 nitrogen and oxygen atoms in total. The van der Waals surface area contributed by atoms with Gasteiger partial charge in [-0.1, -0.05) is 80.4 Å². The number of rotatable bonds is 3. The summed E-state index contributed by atoms with van der Waals surface area (Å²) in [6.07, 6.45) is 6.67. The van der Waals surface area contributed by atoms with Crippen LogP contribution in [0.15, 0.2) is 82.7 Å². The van der Waals surface area contributed by atoms with Crippen LogP contribution in [0.1, 0.15) is 38.2 Å². The fourth-order valence-electron chi connectivity index (χ4n) is 4.67. The third kappa shape index (κ3) is 4.05. The van der Waals surface area contributed by atoms with Gasteiger partial charge in [0, 0.05) is 6.04 Å². The van der Waals surface area contributed by atoms with Crippen LogP contribution in [0.2, 0.25) is 0 Å². The highest BCUT2D eigenvalue weighted by Crippen LogP contribution is 2.40. The van der Waals surface area contributed by atoms with Crippen molar-refractivity contribution in [3.8, 4) is 0 Å². The van der Waals surface area contributed by atoms with E-state index in [1.807, 2.05) is 53.4 Å². The summed E-state index contributed by atoms with van der Waals surface area (Å²) in [6.45, 7) is 2.27. The molecule has 2 aliphatic rings. The molecule has 0 aromatic heterocycles. The summed E-state index contributed by atoms with van der Waals surface area (Å²) in [6, 6.07) is 24.7. The number of aliphatic imine (C=N–C) groups is 1. The molecule has 1 aliphatic carbocycles. The number of carbonyl (C=O) groups excluding carboxylic acids is 1. The molecule has 1 aliphatic heterocycles. The van der Waals surface area contributed by atoms with Gasteiger partial charge in [0.1, 0.15) is 0 Å². The molecule has 0 bridgehead atoms. The van der Waals surface area contributed by atoms with Crippen molar-refractivity contribution in [2.45, 2.75) is 38.6 Å². The average molecular weight is 427 g/mol. The number of benzene rings is 3. The molecule has 1 saturated carbocycles. The molecule has 0 radical (unpaired) electrons. The van der Waals surface area contributed by atoms with E-state index in [4.69, 9.17) is 4.99 Å². The van der Waals surface area contributed by atoms with E-state index in [1.54, 1.807) is 0 Å². The number of amides is 1. The number of carbonyl (C=O) groups is 1. The lowest BCUT2D eigenvalue weighted by Crippen LogP contribution is -2.44. The van der Waals surface area contributed by atoms with Crippen LogP contribution < -0.4 is 0 Å². The number of hydrogen-bond donors (Lipinski definition) is 0. The molecule has 1 amide bonds. The number of nitrogens with zero attached hydrogens (tertiary/aromatic N) is 2. The molecule has 0 spiro atoms. The minimum absolute atomic E-state index is 0.0892. The molecule has 31 heavy (non-hydrogen) atoms. The van der Waals surface area contributed by atoms with Crippen LogP contribution in [0.4, 0.5) is 5.69 Å². The zero-order valence-corrected chi connectivity index (χ0v) is 18.5. The maximum Gasteiger partial charge on any atom is 0.267 e. The maximum atomic E-state index is 13.6. The fraction of sp³-hybridized carbons (Fsp3) is 0.259. The summed E-state index contributed by atoms with van der Waals surface area (Å²) >= 11 is 1.51. The van der Waals surface area contributed by atoms with Crippen LogP contribution >= 0.6 is 11.8 Å². The number of thioether (sulfide) groups is 1. The van der Waals surface area contributed by atoms with Crippen molar-refractivity contribution in [2.24, 2.45) is 10.9 Å². The normalized spacial score (nSPS) is 24.4. The van der Waals surface area contributed by atoms with Gasteiger partial charge in [0.25, 0.3) is 5.91 Å². The van der Waals surface area contributed by atoms with E-state index < -0.39 is 0 Å². The Balaban J connectivity index is 1.57. The number of fused-ring (bicyclic) bond motifs is 1. The van der Waals surface area contributed by atoms with Crippen LogP contribution in [-0.4, -0.2) is 22.0 Å². The highest BCUT2D eigenvalue weighted by atomic mass is 32.2. The summed E-state index contributed by atoms with van der Waals surface area (Å²) in [5.74, 6) is 0.572. The van der Waals surface area contributed by atoms with Crippen LogP contribution in [0.5, 0.6) is 0 Å². The minimum atomic E-state index is 0.0892. The van der Waals surface area contributed by atoms with Crippen molar-refractivity contribution in [3.05, 3.63) is 83.3 Å². The molecule has 0 unspecified atom stereocenters. The maximum absolute atomic E-state index is 13.6. The quantitative estimate of drug-likeness (QED) is 0.421. The fourth-order valence-corrected chi connectivity index (χ4v) is 5.70. The lowest BCUT2D eigenvalue weighted by molar-refractivity contribution is -0.124. The van der Waals surface area contributed by atoms with Gasteiger partial charge in [-0.25, -0.2) is 4.99 Å². The summed E-state index contributed by atoms with van der Waals surface area (Å²) in [4.78, 5) is 21.3. The standard InChI is InChI=1S/C27H26N2OS/c1-19-10-5-8-17-24(19)29-26(30)25(31-27(29)28-22-14-3-2-4-15-22)18-21-13-9-12-20-11-6-7-16-23(20)21/h2-4,6-7,9,11-16,18-19,24H,5,8,10,17H2,1H3/b25-18-,28-27?/t19-,24+/m1/s1. The minimum Gasteiger partial charge on any atom is -0.283 e. The second kappa shape index (κ2) is 8.72. The Morgan fingerprint density at radius 3 is 2.52 bits per heavy atom. The first-order valence-corrected chi connectivity index (χ1v) is 11.9. The molecule has 2 fully saturated rings. The number of hydrogen-bond acceptors (Lipinski definition) is 3. The molecule has 3 aromatic carbocycles.